The zero-order chi connectivity index (χ0) is 24.9. The maximum Gasteiger partial charge on any atom is 0.256 e. The molecule has 0 bridgehead atoms. The summed E-state index contributed by atoms with van der Waals surface area (Å²) in [5, 5.41) is 0. The molecule has 2 aliphatic rings. The van der Waals surface area contributed by atoms with Crippen LogP contribution in [0, 0.1) is 26.6 Å². The molecule has 5 nitrogen and oxygen atoms in total. The van der Waals surface area contributed by atoms with E-state index in [9.17, 15) is 4.79 Å². The number of rotatable bonds is 4. The Bertz CT molecular complexity index is 1350. The van der Waals surface area contributed by atoms with Crippen LogP contribution in [0.5, 0.6) is 11.5 Å². The first-order valence-corrected chi connectivity index (χ1v) is 12.2. The summed E-state index contributed by atoms with van der Waals surface area (Å²) < 4.78 is 26.1. The van der Waals surface area contributed by atoms with Crippen molar-refractivity contribution in [3.8, 4) is 22.6 Å². The number of halogens is 1. The van der Waals surface area contributed by atoms with Crippen LogP contribution in [0.3, 0.4) is 0 Å². The van der Waals surface area contributed by atoms with E-state index in [1.54, 1.807) is 31.6 Å². The molecule has 35 heavy (non-hydrogen) atoms. The van der Waals surface area contributed by atoms with Crippen LogP contribution in [0.25, 0.3) is 11.1 Å². The van der Waals surface area contributed by atoms with Crippen molar-refractivity contribution in [3.63, 3.8) is 0 Å². The first-order valence-electron chi connectivity index (χ1n) is 12.2. The molecule has 1 aromatic heterocycles. The van der Waals surface area contributed by atoms with Gasteiger partial charge in [-0.2, -0.15) is 0 Å². The molecule has 0 spiro atoms. The number of carbonyl (C=O) groups is 1. The van der Waals surface area contributed by atoms with Crippen LogP contribution >= 0.6 is 0 Å². The molecule has 5 rings (SSSR count). The van der Waals surface area contributed by atoms with E-state index >= 15 is 4.39 Å². The predicted octanol–water partition coefficient (Wildman–Crippen LogP) is 5.86. The third-order valence-electron chi connectivity index (χ3n) is 7.64. The van der Waals surface area contributed by atoms with Crippen molar-refractivity contribution in [1.29, 1.82) is 0 Å². The third-order valence-corrected chi connectivity index (χ3v) is 7.64. The zero-order valence-corrected chi connectivity index (χ0v) is 21.0. The molecule has 3 aromatic rings. The number of hydrogen-bond donors (Lipinski definition) is 0. The van der Waals surface area contributed by atoms with Gasteiger partial charge in [-0.3, -0.25) is 9.78 Å². The fraction of sp³-hybridized carbons (Fsp3) is 0.379. The molecule has 6 heteroatoms. The predicted molar refractivity (Wildman–Crippen MR) is 134 cm³/mol. The van der Waals surface area contributed by atoms with Gasteiger partial charge in [0.2, 0.25) is 0 Å². The summed E-state index contributed by atoms with van der Waals surface area (Å²) in [5.41, 5.74) is 10.5. The maximum absolute atomic E-state index is 15.2. The number of amides is 1. The summed E-state index contributed by atoms with van der Waals surface area (Å²) in [7, 11) is 1.56. The van der Waals surface area contributed by atoms with Crippen LogP contribution in [-0.4, -0.2) is 29.5 Å². The standard InChI is InChI=1S/C29H31FN2O3/c1-6-21-16(2)24-14-32(29(33)19-10-20(34-5)13-31-12-19)15-25(24)18(4)27(21)23-11-26(30)28-22(17(23)3)8-7-9-35-28/h10-13H,6-9,14-15H2,1-5H3. The van der Waals surface area contributed by atoms with Crippen molar-refractivity contribution in [2.45, 2.75) is 60.0 Å². The van der Waals surface area contributed by atoms with Gasteiger partial charge in [0.25, 0.3) is 5.91 Å². The van der Waals surface area contributed by atoms with Gasteiger partial charge in [0.05, 0.1) is 25.5 Å². The van der Waals surface area contributed by atoms with E-state index in [4.69, 9.17) is 9.47 Å². The lowest BCUT2D eigenvalue weighted by molar-refractivity contribution is 0.0750. The molecule has 0 radical (unpaired) electrons. The van der Waals surface area contributed by atoms with Crippen molar-refractivity contribution in [1.82, 2.24) is 9.88 Å². The van der Waals surface area contributed by atoms with Crippen LogP contribution in [0.1, 0.15) is 62.6 Å². The second-order valence-electron chi connectivity index (χ2n) is 9.48. The maximum atomic E-state index is 15.2. The minimum Gasteiger partial charge on any atom is -0.495 e. The van der Waals surface area contributed by atoms with E-state index in [-0.39, 0.29) is 11.7 Å². The summed E-state index contributed by atoms with van der Waals surface area (Å²) in [5.74, 6) is 0.612. The second kappa shape index (κ2) is 8.99. The Morgan fingerprint density at radius 1 is 1.09 bits per heavy atom. The van der Waals surface area contributed by atoms with Crippen molar-refractivity contribution in [2.24, 2.45) is 0 Å². The minimum atomic E-state index is -0.290. The van der Waals surface area contributed by atoms with Crippen molar-refractivity contribution < 1.29 is 18.7 Å². The highest BCUT2D eigenvalue weighted by Gasteiger charge is 2.31. The number of nitrogens with zero attached hydrogens (tertiary/aromatic N) is 2. The minimum absolute atomic E-state index is 0.0702. The summed E-state index contributed by atoms with van der Waals surface area (Å²) in [6.45, 7) is 10.1. The lowest BCUT2D eigenvalue weighted by Gasteiger charge is -2.25. The average Bonchev–Trinajstić information content (AvgIpc) is 3.34. The molecule has 0 N–H and O–H groups in total. The van der Waals surface area contributed by atoms with E-state index in [0.29, 0.717) is 36.8 Å². The first kappa shape index (κ1) is 23.3. The Labute approximate surface area is 205 Å². The Morgan fingerprint density at radius 3 is 2.54 bits per heavy atom. The van der Waals surface area contributed by atoms with Gasteiger partial charge in [0.1, 0.15) is 5.75 Å². The Kier molecular flexibility index (Phi) is 5.99. The van der Waals surface area contributed by atoms with Gasteiger partial charge < -0.3 is 14.4 Å². The quantitative estimate of drug-likeness (QED) is 0.475. The molecule has 0 fully saturated rings. The first-order chi connectivity index (χ1) is 16.8. The Balaban J connectivity index is 1.61. The highest BCUT2D eigenvalue weighted by Crippen LogP contribution is 2.44. The molecule has 0 saturated carbocycles. The van der Waals surface area contributed by atoms with E-state index in [1.807, 2.05) is 4.90 Å². The molecule has 2 aliphatic heterocycles. The molecular weight excluding hydrogens is 443 g/mol. The number of aromatic nitrogens is 1. The number of ether oxygens (including phenoxy) is 2. The normalized spacial score (nSPS) is 14.4. The Hall–Kier alpha value is -3.41. The summed E-state index contributed by atoms with van der Waals surface area (Å²) in [6, 6.07) is 3.37. The zero-order valence-electron chi connectivity index (χ0n) is 21.0. The fourth-order valence-corrected chi connectivity index (χ4v) is 5.76. The van der Waals surface area contributed by atoms with Crippen LogP contribution in [0.4, 0.5) is 4.39 Å². The monoisotopic (exact) mass is 474 g/mol. The third kappa shape index (κ3) is 3.76. The van der Waals surface area contributed by atoms with Gasteiger partial charge in [-0.05, 0) is 96.7 Å². The van der Waals surface area contributed by atoms with Gasteiger partial charge in [0.15, 0.2) is 11.6 Å². The summed E-state index contributed by atoms with van der Waals surface area (Å²) >= 11 is 0. The molecule has 1 amide bonds. The van der Waals surface area contributed by atoms with Crippen LogP contribution in [0.15, 0.2) is 24.5 Å². The van der Waals surface area contributed by atoms with E-state index in [2.05, 4.69) is 32.7 Å². The highest BCUT2D eigenvalue weighted by molar-refractivity contribution is 5.95. The number of hydrogen-bond acceptors (Lipinski definition) is 4. The van der Waals surface area contributed by atoms with E-state index < -0.39 is 0 Å². The second-order valence-corrected chi connectivity index (χ2v) is 9.48. The molecule has 0 atom stereocenters. The number of fused-ring (bicyclic) bond motifs is 2. The average molecular weight is 475 g/mol. The number of pyridine rings is 1. The number of benzene rings is 2. The van der Waals surface area contributed by atoms with Gasteiger partial charge in [0, 0.05) is 24.8 Å². The van der Waals surface area contributed by atoms with Crippen molar-refractivity contribution in [2.75, 3.05) is 13.7 Å². The Morgan fingerprint density at radius 2 is 1.83 bits per heavy atom. The smallest absolute Gasteiger partial charge is 0.256 e. The van der Waals surface area contributed by atoms with Crippen molar-refractivity contribution >= 4 is 5.91 Å². The van der Waals surface area contributed by atoms with E-state index in [0.717, 1.165) is 52.6 Å². The molecule has 0 unspecified atom stereocenters. The molecule has 0 saturated heterocycles. The van der Waals surface area contributed by atoms with Crippen molar-refractivity contribution in [3.05, 3.63) is 74.9 Å². The molecular formula is C29H31FN2O3. The largest absolute Gasteiger partial charge is 0.495 e. The van der Waals surface area contributed by atoms with Gasteiger partial charge >= 0.3 is 0 Å². The van der Waals surface area contributed by atoms with Crippen LogP contribution in [-0.2, 0) is 25.9 Å². The molecule has 0 aliphatic carbocycles. The number of carbonyl (C=O) groups excluding carboxylic acids is 1. The van der Waals surface area contributed by atoms with E-state index in [1.165, 1.54) is 16.7 Å². The molecule has 182 valence electrons. The van der Waals surface area contributed by atoms with Gasteiger partial charge in [-0.1, -0.05) is 6.92 Å². The highest BCUT2D eigenvalue weighted by atomic mass is 19.1. The molecule has 3 heterocycles. The topological polar surface area (TPSA) is 51.7 Å². The van der Waals surface area contributed by atoms with Gasteiger partial charge in [-0.15, -0.1) is 0 Å². The summed E-state index contributed by atoms with van der Waals surface area (Å²) in [6.07, 6.45) is 5.73. The lowest BCUT2D eigenvalue weighted by atomic mass is 9.82. The fourth-order valence-electron chi connectivity index (χ4n) is 5.76. The van der Waals surface area contributed by atoms with Gasteiger partial charge in [-0.25, -0.2) is 4.39 Å². The molecule has 2 aromatic carbocycles. The number of methoxy groups -OCH3 is 1. The summed E-state index contributed by atoms with van der Waals surface area (Å²) in [4.78, 5) is 19.3. The van der Waals surface area contributed by atoms with Crippen LogP contribution < -0.4 is 9.47 Å². The van der Waals surface area contributed by atoms with Crippen LogP contribution in [0.2, 0.25) is 0 Å². The lowest BCUT2D eigenvalue weighted by Crippen LogP contribution is -2.25. The SMILES string of the molecule is CCc1c(C)c2c(c(C)c1-c1cc(F)c3c(c1C)CCCO3)CN(C(=O)c1cncc(OC)c1)C2.